The van der Waals surface area contributed by atoms with E-state index in [0.717, 1.165) is 189 Å². The number of nitrogens with zero attached hydrogens (tertiary/aromatic N) is 22. The summed E-state index contributed by atoms with van der Waals surface area (Å²) in [5.41, 5.74) is 56.5. The number of sulfonamides is 1. The summed E-state index contributed by atoms with van der Waals surface area (Å²) in [6.45, 7) is 1.23. The lowest BCUT2D eigenvalue weighted by molar-refractivity contribution is -0.144. The topological polar surface area (TPSA) is 519 Å². The molecule has 0 unspecified atom stereocenters. The minimum absolute atomic E-state index is 0.111. The molecule has 744 valence electrons. The van der Waals surface area contributed by atoms with Crippen molar-refractivity contribution in [1.82, 2.24) is 124 Å². The summed E-state index contributed by atoms with van der Waals surface area (Å²) in [6, 6.07) is 71.8. The minimum atomic E-state index is -3.34. The van der Waals surface area contributed by atoms with Gasteiger partial charge in [0, 0.05) is 197 Å². The Bertz CT molecular complexity index is 9280. The van der Waals surface area contributed by atoms with E-state index in [9.17, 15) is 18.0 Å². The summed E-state index contributed by atoms with van der Waals surface area (Å²) in [6.07, 6.45) is 25.6. The average molecular weight is 2140 g/mol. The number of nitrogens with two attached hydrogens (primary N) is 5. The van der Waals surface area contributed by atoms with Crippen LogP contribution in [0, 0.1) is 0 Å². The highest BCUT2D eigenvalue weighted by atomic mass is 79.9. The lowest BCUT2D eigenvalue weighted by atomic mass is 9.91. The number of nitrogens with one attached hydrogen (secondary N) is 4. The van der Waals surface area contributed by atoms with Gasteiger partial charge in [-0.15, -0.1) is 0 Å². The third kappa shape index (κ3) is 19.4. The van der Waals surface area contributed by atoms with Gasteiger partial charge in [-0.25, -0.2) is 38.3 Å². The van der Waals surface area contributed by atoms with Crippen LogP contribution >= 0.6 is 31.9 Å². The van der Waals surface area contributed by atoms with Crippen LogP contribution in [0.1, 0.15) is 48.9 Å². The first-order chi connectivity index (χ1) is 73.0. The van der Waals surface area contributed by atoms with Gasteiger partial charge in [-0.3, -0.25) is 44.3 Å². The number of carbonyl (C=O) groups excluding carboxylic acids is 2. The maximum atomic E-state index is 11.8. The Kier molecular flexibility index (Phi) is 26.3. The molecule has 2 aliphatic heterocycles. The van der Waals surface area contributed by atoms with E-state index in [-0.39, 0.29) is 35.9 Å². The van der Waals surface area contributed by atoms with E-state index in [2.05, 4.69) is 143 Å². The molecule has 0 amide bonds. The lowest BCUT2D eigenvalue weighted by Gasteiger charge is -2.28. The molecule has 0 bridgehead atoms. The van der Waals surface area contributed by atoms with Crippen LogP contribution in [-0.4, -0.2) is 186 Å². The maximum absolute atomic E-state index is 11.8. The second kappa shape index (κ2) is 40.9. The van der Waals surface area contributed by atoms with Crippen LogP contribution < -0.4 is 48.8 Å². The summed E-state index contributed by atoms with van der Waals surface area (Å²) in [4.78, 5) is 75.0. The third-order valence-electron chi connectivity index (χ3n) is 26.3. The van der Waals surface area contributed by atoms with Crippen molar-refractivity contribution in [1.29, 1.82) is 0 Å². The zero-order chi connectivity index (χ0) is 103. The Balaban J connectivity index is 0.000000106. The van der Waals surface area contributed by atoms with Crippen molar-refractivity contribution in [3.8, 4) is 95.3 Å². The Morgan fingerprint density at radius 3 is 1.03 bits per heavy atom. The summed E-state index contributed by atoms with van der Waals surface area (Å²) in [5, 5.41) is 42.0. The Morgan fingerprint density at radius 2 is 0.687 bits per heavy atom. The van der Waals surface area contributed by atoms with E-state index in [4.69, 9.17) is 67.8 Å². The first-order valence-electron chi connectivity index (χ1n) is 47.5. The molecule has 0 saturated carbocycles. The number of fused-ring (bicyclic) bond motifs is 11. The number of ether oxygens (including phenoxy) is 3. The van der Waals surface area contributed by atoms with E-state index < -0.39 is 10.0 Å². The fourth-order valence-electron chi connectivity index (χ4n) is 18.6. The molecular formula is C109H91Br2N31O7S. The molecule has 0 radical (unpaired) electrons. The second-order valence-electron chi connectivity index (χ2n) is 35.9. The Labute approximate surface area is 870 Å². The molecule has 4 atom stereocenters. The monoisotopic (exact) mass is 2140 g/mol. The average Bonchev–Trinajstić information content (AvgIpc) is 1.64. The number of esters is 2. The van der Waals surface area contributed by atoms with E-state index >= 15 is 0 Å². The van der Waals surface area contributed by atoms with Gasteiger partial charge in [-0.05, 0) is 149 Å². The SMILES string of the molecule is COC(=O)[C@@H]1CC[C@H](c2nc3c(-c4cnc5ccccc5c4)cnn3c(N)c2Br)CN1.COC(=O)[C@H]1CC[C@@H](c2nc3c(-c4cnc5ccccc5c4)cnn3c(N)c2Br)CN1.COc1ccc(-c2cc(N)n3ncc(-c4cnc5ccccc5c4)c3n2)cn1.CS(=O)(=O)Nc1ccc(-c2cc(N)n3ncc(-c4cnc5ccccc5c4)c3n2)cc1.Nc1cc(-c2ccc3[nH]ncc3c2)nc2c(-c3cnc4ccccc4c3)cnn12. The molecule has 19 heterocycles. The van der Waals surface area contributed by atoms with Gasteiger partial charge in [0.25, 0.3) is 0 Å². The standard InChI is InChI=1S/2C22H21BrN6O2.C22H15N7.C22H18N6O2S.C21H16N6O/c2*1-31-22(30)17-7-6-13(9-26-17)19-18(23)20(24)29-21(28-19)15(11-27-29)14-8-12-4-2-3-5-16(12)25-10-14;23-21-9-20(14-5-6-19-16(8-14)11-25-28-19)27-22-17(12-26-29(21)22)15-7-13-3-1-2-4-18(13)24-10-15;1-31(29,30)27-17-8-6-14(7-9-17)20-11-21(23)28-22(26-20)18(13-25-28)16-10-15-4-2-3-5-19(15)24-12-16;1-28-20-7-6-14(10-24-20)18-9-19(22)27-21(26-18)16(12-25-27)15-8-13-4-2-3-5-17(13)23-11-15/h2*2-5,8,10-11,13,17,26H,6-7,9,24H2,1H3;1-12H,23H2,(H,25,28);2-13,27H,23H2,1H3;2-12H,22H2,1H3/t2*13-,17-;;;/m10.../s1. The Morgan fingerprint density at radius 1 is 0.360 bits per heavy atom. The van der Waals surface area contributed by atoms with Gasteiger partial charge in [0.2, 0.25) is 15.9 Å². The predicted octanol–water partition coefficient (Wildman–Crippen LogP) is 17.8. The number of nitrogen functional groups attached to an aromatic ring is 5. The largest absolute Gasteiger partial charge is 0.481 e. The van der Waals surface area contributed by atoms with Crippen molar-refractivity contribution in [3.05, 3.63) is 319 Å². The molecule has 7 aromatic carbocycles. The number of carbonyl (C=O) groups is 2. The number of methoxy groups -OCH3 is 3. The predicted molar refractivity (Wildman–Crippen MR) is 586 cm³/mol. The zero-order valence-electron chi connectivity index (χ0n) is 80.6. The van der Waals surface area contributed by atoms with Crippen LogP contribution in [0.3, 0.4) is 0 Å². The number of aromatic amines is 1. The highest BCUT2D eigenvalue weighted by Crippen LogP contribution is 2.42. The summed E-state index contributed by atoms with van der Waals surface area (Å²) < 4.78 is 49.7. The summed E-state index contributed by atoms with van der Waals surface area (Å²) >= 11 is 7.23. The number of aromatic nitrogens is 23. The van der Waals surface area contributed by atoms with Gasteiger partial charge in [-0.1, -0.05) is 109 Å². The molecule has 24 aromatic rings. The first kappa shape index (κ1) is 96.5. The number of pyridine rings is 6. The number of hydrogen-bond acceptors (Lipinski definition) is 31. The maximum Gasteiger partial charge on any atom is 0.322 e. The summed E-state index contributed by atoms with van der Waals surface area (Å²) in [5.74, 6) is 2.76. The highest BCUT2D eigenvalue weighted by molar-refractivity contribution is 9.11. The van der Waals surface area contributed by atoms with Gasteiger partial charge in [-0.2, -0.15) is 53.2 Å². The molecule has 17 aromatic heterocycles. The van der Waals surface area contributed by atoms with E-state index in [1.165, 1.54) is 14.2 Å². The van der Waals surface area contributed by atoms with E-state index in [1.807, 2.05) is 176 Å². The normalized spacial score (nSPS) is 14.6. The number of rotatable bonds is 15. The van der Waals surface area contributed by atoms with E-state index in [0.29, 0.717) is 101 Å². The van der Waals surface area contributed by atoms with Crippen LogP contribution in [0.2, 0.25) is 0 Å². The fraction of sp³-hybridized carbons (Fsp3) is 0.128. The third-order valence-corrected chi connectivity index (χ3v) is 28.6. The van der Waals surface area contributed by atoms with Crippen LogP contribution in [0.5, 0.6) is 5.88 Å². The van der Waals surface area contributed by atoms with E-state index in [1.54, 1.807) is 122 Å². The molecule has 38 nitrogen and oxygen atoms in total. The van der Waals surface area contributed by atoms with Gasteiger partial charge in [0.05, 0.1) is 135 Å². The fourth-order valence-corrected chi connectivity index (χ4v) is 20.3. The first-order valence-corrected chi connectivity index (χ1v) is 51.0. The van der Waals surface area contributed by atoms with Crippen molar-refractivity contribution in [3.63, 3.8) is 0 Å². The number of H-pyrrole nitrogens is 1. The number of para-hydroxylation sites is 5. The second-order valence-corrected chi connectivity index (χ2v) is 39.2. The van der Waals surface area contributed by atoms with Crippen LogP contribution in [0.4, 0.5) is 34.8 Å². The van der Waals surface area contributed by atoms with Gasteiger partial charge in [0.15, 0.2) is 28.2 Å². The van der Waals surface area contributed by atoms with Crippen LogP contribution in [-0.2, 0) is 29.1 Å². The van der Waals surface area contributed by atoms with Gasteiger partial charge < -0.3 is 53.5 Å². The number of piperidine rings is 2. The smallest absolute Gasteiger partial charge is 0.322 e. The number of halogens is 2. The summed E-state index contributed by atoms with van der Waals surface area (Å²) in [7, 11) is 1.06. The number of benzene rings is 7. The molecule has 2 aliphatic rings. The van der Waals surface area contributed by atoms with Crippen molar-refractivity contribution >= 4 is 182 Å². The van der Waals surface area contributed by atoms with Crippen LogP contribution in [0.25, 0.3) is 183 Å². The number of hydrogen-bond donors (Lipinski definition) is 9. The van der Waals surface area contributed by atoms with Gasteiger partial charge in [0.1, 0.15) is 41.2 Å². The zero-order valence-corrected chi connectivity index (χ0v) is 84.6. The molecule has 2 saturated heterocycles. The molecule has 150 heavy (non-hydrogen) atoms. The molecule has 0 aliphatic carbocycles. The van der Waals surface area contributed by atoms with Crippen molar-refractivity contribution in [2.75, 3.05) is 74.1 Å². The molecule has 26 rings (SSSR count). The van der Waals surface area contributed by atoms with Crippen LogP contribution in [0.15, 0.2) is 308 Å². The molecule has 14 N–H and O–H groups in total. The quantitative estimate of drug-likeness (QED) is 0.0430. The minimum Gasteiger partial charge on any atom is -0.481 e. The number of anilines is 6. The van der Waals surface area contributed by atoms with Gasteiger partial charge >= 0.3 is 11.9 Å². The highest BCUT2D eigenvalue weighted by Gasteiger charge is 2.34. The molecule has 41 heteroatoms. The van der Waals surface area contributed by atoms with Crippen molar-refractivity contribution in [2.24, 2.45) is 0 Å². The molecule has 2 fully saturated rings. The molecular weight excluding hydrogens is 2050 g/mol. The van der Waals surface area contributed by atoms with Crippen molar-refractivity contribution in [2.45, 2.75) is 49.6 Å². The molecule has 0 spiro atoms. The lowest BCUT2D eigenvalue weighted by Crippen LogP contribution is -2.44. The Hall–Kier alpha value is -18.3. The van der Waals surface area contributed by atoms with Crippen molar-refractivity contribution < 1.29 is 32.2 Å².